The van der Waals surface area contributed by atoms with Gasteiger partial charge in [0.05, 0.1) is 17.5 Å². The second-order valence-electron chi connectivity index (χ2n) is 5.25. The van der Waals surface area contributed by atoms with Gasteiger partial charge in [-0.1, -0.05) is 22.8 Å². The van der Waals surface area contributed by atoms with Crippen molar-refractivity contribution in [3.63, 3.8) is 0 Å². The Hall–Kier alpha value is -2.09. The molecule has 1 fully saturated rings. The van der Waals surface area contributed by atoms with E-state index in [0.29, 0.717) is 0 Å². The van der Waals surface area contributed by atoms with Gasteiger partial charge in [0.2, 0.25) is 10.0 Å². The summed E-state index contributed by atoms with van der Waals surface area (Å²) in [6.07, 6.45) is 0.119. The quantitative estimate of drug-likeness (QED) is 0.353. The van der Waals surface area contributed by atoms with Gasteiger partial charge in [0, 0.05) is 11.5 Å². The average Bonchev–Trinajstić information content (AvgIpc) is 2.93. The van der Waals surface area contributed by atoms with E-state index in [1.165, 1.54) is 12.1 Å². The highest BCUT2D eigenvalue weighted by atomic mass is 32.2. The zero-order chi connectivity index (χ0) is 17.0. The van der Waals surface area contributed by atoms with Crippen LogP contribution in [0.2, 0.25) is 0 Å². The van der Waals surface area contributed by atoms with Gasteiger partial charge in [-0.2, -0.15) is 4.31 Å². The minimum Gasteiger partial charge on any atom is -0.465 e. The number of ether oxygens (including phenoxy) is 1. The molecule has 0 N–H and O–H groups in total. The van der Waals surface area contributed by atoms with Crippen LogP contribution < -0.4 is 0 Å². The van der Waals surface area contributed by atoms with Crippen molar-refractivity contribution in [2.45, 2.75) is 37.2 Å². The molecule has 0 radical (unpaired) electrons. The molecule has 0 bridgehead atoms. The van der Waals surface area contributed by atoms with Gasteiger partial charge in [0.15, 0.2) is 0 Å². The van der Waals surface area contributed by atoms with Crippen LogP contribution in [0.1, 0.15) is 18.9 Å². The summed E-state index contributed by atoms with van der Waals surface area (Å²) in [6.45, 7) is 3.62. The van der Waals surface area contributed by atoms with E-state index in [-0.39, 0.29) is 24.5 Å². The first-order chi connectivity index (χ1) is 10.9. The molecule has 0 aliphatic carbocycles. The summed E-state index contributed by atoms with van der Waals surface area (Å²) < 4.78 is 31.6. The van der Waals surface area contributed by atoms with Gasteiger partial charge in [-0.3, -0.25) is 4.79 Å². The van der Waals surface area contributed by atoms with Gasteiger partial charge in [0.25, 0.3) is 0 Å². The van der Waals surface area contributed by atoms with E-state index >= 15 is 0 Å². The molecule has 0 saturated carbocycles. The smallest absolute Gasteiger partial charge is 0.324 e. The molecule has 0 amide bonds. The fourth-order valence-electron chi connectivity index (χ4n) is 2.50. The minimum atomic E-state index is -3.87. The van der Waals surface area contributed by atoms with E-state index in [2.05, 4.69) is 10.0 Å². The number of rotatable bonds is 5. The standard InChI is InChI=1S/C14H18N4O4S/c1-3-22-14(19)13-8-11(16-17-15)9-18(13)23(20,21)12-6-4-10(2)5-7-12/h4-7,11,13H,3,8-9H2,1-2H3/t11-,13-/m0/s1. The summed E-state index contributed by atoms with van der Waals surface area (Å²) in [5.74, 6) is -0.626. The second-order valence-corrected chi connectivity index (χ2v) is 7.14. The molecule has 124 valence electrons. The first-order valence-electron chi connectivity index (χ1n) is 7.19. The lowest BCUT2D eigenvalue weighted by Gasteiger charge is -2.22. The van der Waals surface area contributed by atoms with Crippen LogP contribution in [-0.2, 0) is 19.6 Å². The molecule has 1 aromatic rings. The number of carbonyl (C=O) groups is 1. The molecular weight excluding hydrogens is 320 g/mol. The Morgan fingerprint density at radius 1 is 1.43 bits per heavy atom. The minimum absolute atomic E-state index is 0.0379. The number of azide groups is 1. The molecule has 8 nitrogen and oxygen atoms in total. The van der Waals surface area contributed by atoms with Crippen molar-refractivity contribution in [1.29, 1.82) is 0 Å². The van der Waals surface area contributed by atoms with Gasteiger partial charge in [-0.05, 0) is 37.9 Å². The van der Waals surface area contributed by atoms with Gasteiger partial charge in [-0.25, -0.2) is 8.42 Å². The number of hydrogen-bond acceptors (Lipinski definition) is 5. The zero-order valence-electron chi connectivity index (χ0n) is 12.9. The number of sulfonamides is 1. The number of benzene rings is 1. The van der Waals surface area contributed by atoms with E-state index in [0.717, 1.165) is 9.87 Å². The summed E-state index contributed by atoms with van der Waals surface area (Å²) >= 11 is 0. The number of aryl methyl sites for hydroxylation is 1. The molecule has 0 aromatic heterocycles. The van der Waals surface area contributed by atoms with Gasteiger partial charge in [-0.15, -0.1) is 0 Å². The molecule has 2 rings (SSSR count). The third-order valence-corrected chi connectivity index (χ3v) is 5.52. The summed E-state index contributed by atoms with van der Waals surface area (Å²) in [4.78, 5) is 14.9. The first kappa shape index (κ1) is 17.3. The molecule has 23 heavy (non-hydrogen) atoms. The third kappa shape index (κ3) is 3.64. The SMILES string of the molecule is CCOC(=O)[C@@H]1C[C@H](N=[N+]=[N-])CN1S(=O)(=O)c1ccc(C)cc1. The number of carbonyl (C=O) groups excluding carboxylic acids is 1. The van der Waals surface area contributed by atoms with Crippen molar-refractivity contribution in [2.75, 3.05) is 13.2 Å². The maximum Gasteiger partial charge on any atom is 0.324 e. The molecule has 9 heteroatoms. The fraction of sp³-hybridized carbons (Fsp3) is 0.500. The monoisotopic (exact) mass is 338 g/mol. The van der Waals surface area contributed by atoms with Crippen LogP contribution in [0.5, 0.6) is 0 Å². The van der Waals surface area contributed by atoms with Crippen LogP contribution in [0.15, 0.2) is 34.3 Å². The van der Waals surface area contributed by atoms with Crippen molar-refractivity contribution in [1.82, 2.24) is 4.31 Å². The molecule has 0 unspecified atom stereocenters. The Morgan fingerprint density at radius 2 is 2.09 bits per heavy atom. The molecule has 1 aromatic carbocycles. The Kier molecular flexibility index (Phi) is 5.25. The summed E-state index contributed by atoms with van der Waals surface area (Å²) in [7, 11) is -3.87. The topological polar surface area (TPSA) is 112 Å². The highest BCUT2D eigenvalue weighted by molar-refractivity contribution is 7.89. The zero-order valence-corrected chi connectivity index (χ0v) is 13.7. The summed E-state index contributed by atoms with van der Waals surface area (Å²) in [5.41, 5.74) is 9.50. The van der Waals surface area contributed by atoms with E-state index in [1.807, 2.05) is 6.92 Å². The predicted octanol–water partition coefficient (Wildman–Crippen LogP) is 2.00. The lowest BCUT2D eigenvalue weighted by atomic mass is 10.2. The van der Waals surface area contributed by atoms with Crippen molar-refractivity contribution in [3.8, 4) is 0 Å². The number of nitrogens with zero attached hydrogens (tertiary/aromatic N) is 4. The van der Waals surface area contributed by atoms with Crippen LogP contribution >= 0.6 is 0 Å². The van der Waals surface area contributed by atoms with Crippen LogP contribution in [0.4, 0.5) is 0 Å². The third-order valence-electron chi connectivity index (χ3n) is 3.63. The number of esters is 1. The molecule has 1 aliphatic heterocycles. The van der Waals surface area contributed by atoms with Crippen molar-refractivity contribution in [3.05, 3.63) is 40.3 Å². The van der Waals surface area contributed by atoms with Crippen LogP contribution in [0.25, 0.3) is 10.4 Å². The maximum absolute atomic E-state index is 12.8. The normalized spacial score (nSPS) is 21.7. The molecular formula is C14H18N4O4S. The lowest BCUT2D eigenvalue weighted by molar-refractivity contribution is -0.146. The van der Waals surface area contributed by atoms with E-state index < -0.39 is 28.1 Å². The average molecular weight is 338 g/mol. The Bertz CT molecular complexity index is 726. The maximum atomic E-state index is 12.8. The highest BCUT2D eigenvalue weighted by Crippen LogP contribution is 2.29. The Labute approximate surface area is 134 Å². The predicted molar refractivity (Wildman–Crippen MR) is 83.0 cm³/mol. The number of hydrogen-bond donors (Lipinski definition) is 0. The van der Waals surface area contributed by atoms with Crippen LogP contribution in [-0.4, -0.2) is 43.9 Å². The van der Waals surface area contributed by atoms with Crippen molar-refractivity contribution >= 4 is 16.0 Å². The molecule has 1 saturated heterocycles. The summed E-state index contributed by atoms with van der Waals surface area (Å²) in [5, 5.41) is 3.55. The molecule has 1 heterocycles. The highest BCUT2D eigenvalue weighted by Gasteiger charge is 2.44. The van der Waals surface area contributed by atoms with Gasteiger partial charge < -0.3 is 4.74 Å². The Morgan fingerprint density at radius 3 is 2.65 bits per heavy atom. The van der Waals surface area contributed by atoms with Gasteiger partial charge in [0.1, 0.15) is 6.04 Å². The van der Waals surface area contributed by atoms with Crippen molar-refractivity contribution < 1.29 is 17.9 Å². The lowest BCUT2D eigenvalue weighted by Crippen LogP contribution is -2.41. The first-order valence-corrected chi connectivity index (χ1v) is 8.63. The van der Waals surface area contributed by atoms with Crippen LogP contribution in [0, 0.1) is 6.92 Å². The summed E-state index contributed by atoms with van der Waals surface area (Å²) in [6, 6.07) is 4.80. The van der Waals surface area contributed by atoms with Crippen LogP contribution in [0.3, 0.4) is 0 Å². The largest absolute Gasteiger partial charge is 0.465 e. The van der Waals surface area contributed by atoms with E-state index in [1.54, 1.807) is 19.1 Å². The van der Waals surface area contributed by atoms with E-state index in [9.17, 15) is 13.2 Å². The Balaban J connectivity index is 2.37. The van der Waals surface area contributed by atoms with Gasteiger partial charge >= 0.3 is 5.97 Å². The molecule has 2 atom stereocenters. The molecule has 1 aliphatic rings. The second kappa shape index (κ2) is 6.99. The molecule has 0 spiro atoms. The van der Waals surface area contributed by atoms with E-state index in [4.69, 9.17) is 10.3 Å². The van der Waals surface area contributed by atoms with Crippen molar-refractivity contribution in [2.24, 2.45) is 5.11 Å². The fourth-order valence-corrected chi connectivity index (χ4v) is 4.13.